The molecule has 0 saturated carbocycles. The zero-order valence-corrected chi connectivity index (χ0v) is 10.7. The largest absolute Gasteiger partial charge is 0.491 e. The van der Waals surface area contributed by atoms with Crippen LogP contribution in [0.15, 0.2) is 36.7 Å². The van der Waals surface area contributed by atoms with E-state index in [0.29, 0.717) is 29.5 Å². The van der Waals surface area contributed by atoms with Gasteiger partial charge in [-0.15, -0.1) is 0 Å². The number of carbonyl (C=O) groups excluding carboxylic acids is 1. The molecule has 4 nitrogen and oxygen atoms in total. The van der Waals surface area contributed by atoms with Gasteiger partial charge in [-0.05, 0) is 19.1 Å². The number of ether oxygens (including phenoxy) is 1. The predicted molar refractivity (Wildman–Crippen MR) is 69.2 cm³/mol. The smallest absolute Gasteiger partial charge is 0.163 e. The van der Waals surface area contributed by atoms with Crippen molar-refractivity contribution in [2.24, 2.45) is 0 Å². The number of halogens is 1. The molecule has 0 aliphatic rings. The van der Waals surface area contributed by atoms with Gasteiger partial charge >= 0.3 is 0 Å². The molecule has 1 aromatic carbocycles. The number of ketones is 1. The lowest BCUT2D eigenvalue weighted by Gasteiger charge is -2.09. The highest BCUT2D eigenvalue weighted by atomic mass is 35.5. The van der Waals surface area contributed by atoms with E-state index in [2.05, 4.69) is 5.10 Å². The molecule has 5 heteroatoms. The summed E-state index contributed by atoms with van der Waals surface area (Å²) in [5.41, 5.74) is 0.594. The highest BCUT2D eigenvalue weighted by molar-refractivity contribution is 6.30. The number of rotatable bonds is 5. The Morgan fingerprint density at radius 1 is 1.44 bits per heavy atom. The number of hydrogen-bond acceptors (Lipinski definition) is 3. The predicted octanol–water partition coefficient (Wildman–Crippen LogP) is 2.82. The van der Waals surface area contributed by atoms with Gasteiger partial charge in [0.05, 0.1) is 23.3 Å². The summed E-state index contributed by atoms with van der Waals surface area (Å²) in [7, 11) is 0. The molecule has 2 aromatic rings. The summed E-state index contributed by atoms with van der Waals surface area (Å²) >= 11 is 5.75. The number of Topliss-reactive ketones (excluding diaryl/α,β-unsaturated/α-hetero) is 1. The number of benzene rings is 1. The molecular weight excluding hydrogens is 252 g/mol. The van der Waals surface area contributed by atoms with Gasteiger partial charge in [0.25, 0.3) is 0 Å². The van der Waals surface area contributed by atoms with Gasteiger partial charge in [0.2, 0.25) is 0 Å². The second-order valence-electron chi connectivity index (χ2n) is 3.82. The number of hydrogen-bond donors (Lipinski definition) is 0. The van der Waals surface area contributed by atoms with Gasteiger partial charge in [-0.1, -0.05) is 23.7 Å². The van der Waals surface area contributed by atoms with Crippen LogP contribution in [0.2, 0.25) is 5.02 Å². The quantitative estimate of drug-likeness (QED) is 0.780. The van der Waals surface area contributed by atoms with Crippen molar-refractivity contribution in [3.63, 3.8) is 0 Å². The fourth-order valence-corrected chi connectivity index (χ4v) is 1.75. The molecule has 0 amide bonds. The Bertz CT molecular complexity index is 551. The summed E-state index contributed by atoms with van der Waals surface area (Å²) in [6, 6.07) is 7.19. The minimum atomic E-state index is -0.00673. The van der Waals surface area contributed by atoms with E-state index in [1.807, 2.05) is 12.1 Å². The third-order valence-electron chi connectivity index (χ3n) is 2.45. The molecule has 0 aliphatic carbocycles. The Labute approximate surface area is 110 Å². The van der Waals surface area contributed by atoms with Crippen molar-refractivity contribution in [3.05, 3.63) is 47.2 Å². The first kappa shape index (κ1) is 12.6. The molecule has 2 rings (SSSR count). The molecule has 1 aromatic heterocycles. The topological polar surface area (TPSA) is 44.1 Å². The third-order valence-corrected chi connectivity index (χ3v) is 2.64. The van der Waals surface area contributed by atoms with Crippen molar-refractivity contribution < 1.29 is 9.53 Å². The van der Waals surface area contributed by atoms with E-state index in [1.165, 1.54) is 6.92 Å². The van der Waals surface area contributed by atoms with E-state index < -0.39 is 0 Å². The first-order valence-electron chi connectivity index (χ1n) is 5.57. The highest BCUT2D eigenvalue weighted by Crippen LogP contribution is 2.18. The summed E-state index contributed by atoms with van der Waals surface area (Å²) in [5.74, 6) is 0.594. The molecule has 94 valence electrons. The monoisotopic (exact) mass is 264 g/mol. The Hall–Kier alpha value is -1.81. The molecule has 0 saturated heterocycles. The van der Waals surface area contributed by atoms with Crippen molar-refractivity contribution in [2.75, 3.05) is 6.61 Å². The standard InChI is InChI=1S/C13H13ClN2O2/c1-10(17)12-4-2-3-5-13(12)18-7-6-16-9-11(14)8-15-16/h2-5,8-9H,6-7H2,1H3. The van der Waals surface area contributed by atoms with Crippen molar-refractivity contribution >= 4 is 17.4 Å². The second-order valence-corrected chi connectivity index (χ2v) is 4.26. The minimum absolute atomic E-state index is 0.00673. The van der Waals surface area contributed by atoms with Crippen molar-refractivity contribution in [3.8, 4) is 5.75 Å². The third kappa shape index (κ3) is 3.11. The van der Waals surface area contributed by atoms with E-state index in [0.717, 1.165) is 0 Å². The molecule has 0 radical (unpaired) electrons. The SMILES string of the molecule is CC(=O)c1ccccc1OCCn1cc(Cl)cn1. The Kier molecular flexibility index (Phi) is 3.99. The summed E-state index contributed by atoms with van der Waals surface area (Å²) < 4.78 is 7.28. The molecule has 1 heterocycles. The van der Waals surface area contributed by atoms with Crippen molar-refractivity contribution in [1.82, 2.24) is 9.78 Å². The van der Waals surface area contributed by atoms with Gasteiger partial charge in [-0.2, -0.15) is 5.10 Å². The van der Waals surface area contributed by atoms with Crippen LogP contribution in [-0.2, 0) is 6.54 Å². The maximum atomic E-state index is 11.4. The Balaban J connectivity index is 1.96. The molecule has 0 N–H and O–H groups in total. The fourth-order valence-electron chi connectivity index (χ4n) is 1.59. The maximum Gasteiger partial charge on any atom is 0.163 e. The molecule has 0 aliphatic heterocycles. The lowest BCUT2D eigenvalue weighted by Crippen LogP contribution is -2.10. The zero-order valence-electron chi connectivity index (χ0n) is 9.97. The maximum absolute atomic E-state index is 11.4. The molecule has 0 spiro atoms. The first-order chi connectivity index (χ1) is 8.66. The Morgan fingerprint density at radius 2 is 2.22 bits per heavy atom. The fraction of sp³-hybridized carbons (Fsp3) is 0.231. The lowest BCUT2D eigenvalue weighted by molar-refractivity contribution is 0.101. The number of carbonyl (C=O) groups is 1. The van der Waals surface area contributed by atoms with Gasteiger partial charge in [-0.25, -0.2) is 0 Å². The molecule has 18 heavy (non-hydrogen) atoms. The summed E-state index contributed by atoms with van der Waals surface area (Å²) in [4.78, 5) is 11.4. The van der Waals surface area contributed by atoms with Crippen LogP contribution in [0.4, 0.5) is 0 Å². The summed E-state index contributed by atoms with van der Waals surface area (Å²) in [6.45, 7) is 2.54. The zero-order chi connectivity index (χ0) is 13.0. The molecule has 0 atom stereocenters. The van der Waals surface area contributed by atoms with E-state index in [9.17, 15) is 4.79 Å². The number of para-hydroxylation sites is 1. The van der Waals surface area contributed by atoms with E-state index >= 15 is 0 Å². The molecule has 0 unspecified atom stereocenters. The van der Waals surface area contributed by atoms with E-state index in [1.54, 1.807) is 29.2 Å². The first-order valence-corrected chi connectivity index (χ1v) is 5.95. The van der Waals surface area contributed by atoms with Gasteiger partial charge in [0.15, 0.2) is 5.78 Å². The number of aromatic nitrogens is 2. The van der Waals surface area contributed by atoms with Gasteiger partial charge in [0, 0.05) is 6.20 Å². The van der Waals surface area contributed by atoms with Gasteiger partial charge in [-0.3, -0.25) is 9.48 Å². The van der Waals surface area contributed by atoms with Crippen LogP contribution in [0.1, 0.15) is 17.3 Å². The van der Waals surface area contributed by atoms with Crippen LogP contribution in [-0.4, -0.2) is 22.2 Å². The number of nitrogens with zero attached hydrogens (tertiary/aromatic N) is 2. The normalized spacial score (nSPS) is 10.3. The van der Waals surface area contributed by atoms with Crippen LogP contribution in [0.5, 0.6) is 5.75 Å². The van der Waals surface area contributed by atoms with E-state index in [4.69, 9.17) is 16.3 Å². The summed E-state index contributed by atoms with van der Waals surface area (Å²) in [5, 5.41) is 4.64. The molecular formula is C13H13ClN2O2. The van der Waals surface area contributed by atoms with Crippen LogP contribution in [0.3, 0.4) is 0 Å². The van der Waals surface area contributed by atoms with Crippen LogP contribution in [0.25, 0.3) is 0 Å². The average Bonchev–Trinajstić information content (AvgIpc) is 2.75. The Morgan fingerprint density at radius 3 is 2.89 bits per heavy atom. The average molecular weight is 265 g/mol. The minimum Gasteiger partial charge on any atom is -0.491 e. The molecule has 0 fully saturated rings. The van der Waals surface area contributed by atoms with Gasteiger partial charge < -0.3 is 4.74 Å². The van der Waals surface area contributed by atoms with Crippen LogP contribution < -0.4 is 4.74 Å². The van der Waals surface area contributed by atoms with Crippen molar-refractivity contribution in [1.29, 1.82) is 0 Å². The lowest BCUT2D eigenvalue weighted by atomic mass is 10.1. The van der Waals surface area contributed by atoms with Crippen LogP contribution in [0, 0.1) is 0 Å². The second kappa shape index (κ2) is 5.69. The van der Waals surface area contributed by atoms with Gasteiger partial charge in [0.1, 0.15) is 12.4 Å². The molecule has 0 bridgehead atoms. The highest BCUT2D eigenvalue weighted by Gasteiger charge is 2.07. The van der Waals surface area contributed by atoms with Crippen LogP contribution >= 0.6 is 11.6 Å². The van der Waals surface area contributed by atoms with E-state index in [-0.39, 0.29) is 5.78 Å². The summed E-state index contributed by atoms with van der Waals surface area (Å²) in [6.07, 6.45) is 3.30. The van der Waals surface area contributed by atoms with Crippen molar-refractivity contribution in [2.45, 2.75) is 13.5 Å².